The van der Waals surface area contributed by atoms with Crippen LogP contribution in [0.5, 0.6) is 0 Å². The Morgan fingerprint density at radius 1 is 1.42 bits per heavy atom. The first-order valence-corrected chi connectivity index (χ1v) is 4.19. The van der Waals surface area contributed by atoms with Crippen LogP contribution in [0.1, 0.15) is 10.4 Å². The van der Waals surface area contributed by atoms with Gasteiger partial charge in [-0.1, -0.05) is 15.9 Å². The van der Waals surface area contributed by atoms with Gasteiger partial charge in [0.05, 0.1) is 0 Å². The molecule has 0 unspecified atom stereocenters. The van der Waals surface area contributed by atoms with Crippen LogP contribution in [0.15, 0.2) is 28.7 Å². The van der Waals surface area contributed by atoms with Gasteiger partial charge in [0.2, 0.25) is 0 Å². The number of amides is 1. The zero-order chi connectivity index (χ0) is 9.14. The molecule has 1 amide bonds. The van der Waals surface area contributed by atoms with Gasteiger partial charge in [-0.15, -0.1) is 0 Å². The van der Waals surface area contributed by atoms with E-state index < -0.39 is 0 Å². The monoisotopic (exact) mass is 228 g/mol. The van der Waals surface area contributed by atoms with Crippen molar-refractivity contribution in [3.8, 4) is 0 Å². The van der Waals surface area contributed by atoms with E-state index in [4.69, 9.17) is 5.84 Å². The molecule has 0 aromatic heterocycles. The lowest BCUT2D eigenvalue weighted by molar-refractivity contribution is 0.0795. The predicted molar refractivity (Wildman–Crippen MR) is 50.4 cm³/mol. The summed E-state index contributed by atoms with van der Waals surface area (Å²) in [6.45, 7) is 0. The summed E-state index contributed by atoms with van der Waals surface area (Å²) in [7, 11) is 1.52. The van der Waals surface area contributed by atoms with Crippen molar-refractivity contribution >= 4 is 21.8 Å². The quantitative estimate of drug-likeness (QED) is 0.449. The number of nitrogens with two attached hydrogens (primary N) is 1. The van der Waals surface area contributed by atoms with E-state index in [1.54, 1.807) is 24.3 Å². The molecule has 1 rings (SSSR count). The first kappa shape index (κ1) is 9.22. The molecule has 0 bridgehead atoms. The zero-order valence-corrected chi connectivity index (χ0v) is 8.21. The molecule has 2 N–H and O–H groups in total. The van der Waals surface area contributed by atoms with Gasteiger partial charge >= 0.3 is 0 Å². The molecule has 0 fully saturated rings. The van der Waals surface area contributed by atoms with Crippen molar-refractivity contribution in [2.75, 3.05) is 7.05 Å². The fourth-order valence-electron chi connectivity index (χ4n) is 0.796. The molecule has 0 spiro atoms. The molecule has 3 nitrogen and oxygen atoms in total. The van der Waals surface area contributed by atoms with Crippen molar-refractivity contribution in [2.45, 2.75) is 0 Å². The highest BCUT2D eigenvalue weighted by atomic mass is 79.9. The molecule has 0 atom stereocenters. The molecule has 0 saturated heterocycles. The zero-order valence-electron chi connectivity index (χ0n) is 6.62. The van der Waals surface area contributed by atoms with E-state index in [1.807, 2.05) is 0 Å². The summed E-state index contributed by atoms with van der Waals surface area (Å²) in [5, 5.41) is 1.06. The third kappa shape index (κ3) is 2.06. The van der Waals surface area contributed by atoms with Gasteiger partial charge in [0.25, 0.3) is 5.91 Å². The van der Waals surface area contributed by atoms with Crippen molar-refractivity contribution in [3.05, 3.63) is 34.3 Å². The Labute approximate surface area is 79.3 Å². The highest BCUT2D eigenvalue weighted by Gasteiger charge is 2.06. The summed E-state index contributed by atoms with van der Waals surface area (Å²) in [6, 6.07) is 7.04. The first-order chi connectivity index (χ1) is 5.61. The molecule has 0 radical (unpaired) electrons. The molecule has 12 heavy (non-hydrogen) atoms. The summed E-state index contributed by atoms with van der Waals surface area (Å²) in [4.78, 5) is 11.2. The Kier molecular flexibility index (Phi) is 2.83. The summed E-state index contributed by atoms with van der Waals surface area (Å²) in [6.07, 6.45) is 0. The molecule has 0 saturated carbocycles. The van der Waals surface area contributed by atoms with Crippen molar-refractivity contribution in [3.63, 3.8) is 0 Å². The van der Waals surface area contributed by atoms with Crippen molar-refractivity contribution < 1.29 is 4.79 Å². The van der Waals surface area contributed by atoms with Crippen LogP contribution in [0.4, 0.5) is 0 Å². The minimum Gasteiger partial charge on any atom is -0.280 e. The lowest BCUT2D eigenvalue weighted by Crippen LogP contribution is -2.32. The highest BCUT2D eigenvalue weighted by Crippen LogP contribution is 2.10. The minimum atomic E-state index is -0.192. The number of hydrazine groups is 1. The topological polar surface area (TPSA) is 46.3 Å². The molecular formula is C8H9BrN2O. The fourth-order valence-corrected chi connectivity index (χ4v) is 1.06. The molecule has 0 aliphatic rings. The number of benzene rings is 1. The second-order valence-electron chi connectivity index (χ2n) is 2.42. The van der Waals surface area contributed by atoms with E-state index in [2.05, 4.69) is 15.9 Å². The van der Waals surface area contributed by atoms with Crippen LogP contribution in [0.2, 0.25) is 0 Å². The number of rotatable bonds is 1. The fraction of sp³-hybridized carbons (Fsp3) is 0.125. The molecular weight excluding hydrogens is 220 g/mol. The van der Waals surface area contributed by atoms with Gasteiger partial charge in [-0.05, 0) is 24.3 Å². The molecule has 64 valence electrons. The van der Waals surface area contributed by atoms with E-state index >= 15 is 0 Å². The standard InChI is InChI=1S/C8H9BrN2O/c1-11(10)8(12)6-2-4-7(9)5-3-6/h2-5H,10H2,1H3. The van der Waals surface area contributed by atoms with Crippen LogP contribution in [-0.4, -0.2) is 18.0 Å². The lowest BCUT2D eigenvalue weighted by atomic mass is 10.2. The molecule has 1 aromatic rings. The average Bonchev–Trinajstić information content (AvgIpc) is 2.04. The SMILES string of the molecule is CN(N)C(=O)c1ccc(Br)cc1. The molecule has 0 heterocycles. The van der Waals surface area contributed by atoms with Crippen LogP contribution >= 0.6 is 15.9 Å². The maximum Gasteiger partial charge on any atom is 0.267 e. The molecule has 0 aliphatic carbocycles. The highest BCUT2D eigenvalue weighted by molar-refractivity contribution is 9.10. The number of hydrogen-bond donors (Lipinski definition) is 1. The van der Waals surface area contributed by atoms with Crippen LogP contribution in [-0.2, 0) is 0 Å². The van der Waals surface area contributed by atoms with Crippen molar-refractivity contribution in [1.29, 1.82) is 0 Å². The third-order valence-electron chi connectivity index (χ3n) is 1.41. The number of halogens is 1. The molecule has 4 heteroatoms. The Morgan fingerprint density at radius 2 is 1.92 bits per heavy atom. The lowest BCUT2D eigenvalue weighted by Gasteiger charge is -2.09. The van der Waals surface area contributed by atoms with Crippen LogP contribution in [0.25, 0.3) is 0 Å². The number of carbonyl (C=O) groups is 1. The van der Waals surface area contributed by atoms with E-state index in [1.165, 1.54) is 7.05 Å². The van der Waals surface area contributed by atoms with Gasteiger partial charge < -0.3 is 0 Å². The maximum atomic E-state index is 11.2. The van der Waals surface area contributed by atoms with Crippen LogP contribution in [0.3, 0.4) is 0 Å². The van der Waals surface area contributed by atoms with Gasteiger partial charge in [0.1, 0.15) is 0 Å². The van der Waals surface area contributed by atoms with E-state index in [9.17, 15) is 4.79 Å². The van der Waals surface area contributed by atoms with Gasteiger partial charge in [-0.2, -0.15) is 0 Å². The second-order valence-corrected chi connectivity index (χ2v) is 3.34. The second kappa shape index (κ2) is 3.69. The van der Waals surface area contributed by atoms with Crippen LogP contribution in [0, 0.1) is 0 Å². The Bertz CT molecular complexity index is 282. The summed E-state index contributed by atoms with van der Waals surface area (Å²) in [5.41, 5.74) is 0.586. The first-order valence-electron chi connectivity index (χ1n) is 3.39. The molecule has 0 aliphatic heterocycles. The van der Waals surface area contributed by atoms with Gasteiger partial charge in [-0.25, -0.2) is 5.84 Å². The summed E-state index contributed by atoms with van der Waals surface area (Å²) in [5.74, 6) is 5.09. The van der Waals surface area contributed by atoms with Gasteiger partial charge in [0, 0.05) is 17.1 Å². The van der Waals surface area contributed by atoms with Crippen molar-refractivity contribution in [1.82, 2.24) is 5.01 Å². The van der Waals surface area contributed by atoms with E-state index in [-0.39, 0.29) is 5.91 Å². The van der Waals surface area contributed by atoms with Gasteiger partial charge in [0.15, 0.2) is 0 Å². The maximum absolute atomic E-state index is 11.2. The third-order valence-corrected chi connectivity index (χ3v) is 1.94. The largest absolute Gasteiger partial charge is 0.280 e. The Morgan fingerprint density at radius 3 is 2.33 bits per heavy atom. The number of hydrogen-bond acceptors (Lipinski definition) is 2. The van der Waals surface area contributed by atoms with Crippen LogP contribution < -0.4 is 5.84 Å². The predicted octanol–water partition coefficient (Wildman–Crippen LogP) is 1.39. The van der Waals surface area contributed by atoms with Crippen molar-refractivity contribution in [2.24, 2.45) is 5.84 Å². The minimum absolute atomic E-state index is 0.192. The molecule has 1 aromatic carbocycles. The Hall–Kier alpha value is -0.870. The number of nitrogens with zero attached hydrogens (tertiary/aromatic N) is 1. The summed E-state index contributed by atoms with van der Waals surface area (Å²) < 4.78 is 0.943. The average molecular weight is 229 g/mol. The summed E-state index contributed by atoms with van der Waals surface area (Å²) >= 11 is 3.28. The normalized spacial score (nSPS) is 9.58. The Balaban J connectivity index is 2.90. The smallest absolute Gasteiger partial charge is 0.267 e. The van der Waals surface area contributed by atoms with Gasteiger partial charge in [-0.3, -0.25) is 9.80 Å². The van der Waals surface area contributed by atoms with E-state index in [0.717, 1.165) is 9.48 Å². The van der Waals surface area contributed by atoms with E-state index in [0.29, 0.717) is 5.56 Å². The number of carbonyl (C=O) groups excluding carboxylic acids is 1.